The summed E-state index contributed by atoms with van der Waals surface area (Å²) in [4.78, 5) is 19.6. The molecule has 1 rings (SSSR count). The third kappa shape index (κ3) is 9.22. The maximum absolute atomic E-state index is 12.5. The molecule has 0 heterocycles. The van der Waals surface area contributed by atoms with E-state index in [9.17, 15) is 4.79 Å². The van der Waals surface area contributed by atoms with E-state index in [-0.39, 0.29) is 11.9 Å². The molecule has 1 aromatic carbocycles. The van der Waals surface area contributed by atoms with E-state index in [1.807, 2.05) is 0 Å². The van der Waals surface area contributed by atoms with E-state index in [0.717, 1.165) is 32.5 Å². The minimum atomic E-state index is -0.236. The van der Waals surface area contributed by atoms with Crippen LogP contribution >= 0.6 is 0 Å². The van der Waals surface area contributed by atoms with Crippen molar-refractivity contribution >= 4 is 11.9 Å². The molecule has 0 radical (unpaired) electrons. The molecule has 1 amide bonds. The van der Waals surface area contributed by atoms with Gasteiger partial charge in [-0.05, 0) is 69.6 Å². The highest BCUT2D eigenvalue weighted by atomic mass is 16.5. The van der Waals surface area contributed by atoms with Crippen LogP contribution < -0.4 is 10.1 Å². The molecule has 0 bridgehead atoms. The van der Waals surface area contributed by atoms with Crippen LogP contribution in [0.4, 0.5) is 0 Å². The molecule has 0 saturated heterocycles. The first-order valence-electron chi connectivity index (χ1n) is 10.3. The van der Waals surface area contributed by atoms with E-state index in [0.29, 0.717) is 29.9 Å². The largest absolute Gasteiger partial charge is 0.497 e. The Bertz CT molecular complexity index is 596. The molecule has 0 aliphatic rings. The van der Waals surface area contributed by atoms with Crippen LogP contribution in [0.3, 0.4) is 0 Å². The minimum Gasteiger partial charge on any atom is -0.497 e. The number of hydrogen-bond acceptors (Lipinski definition) is 5. The number of amidine groups is 1. The molecule has 6 nitrogen and oxygen atoms in total. The Hall–Kier alpha value is -2.08. The van der Waals surface area contributed by atoms with Gasteiger partial charge in [0.1, 0.15) is 5.75 Å². The van der Waals surface area contributed by atoms with Crippen LogP contribution in [0.5, 0.6) is 5.75 Å². The Morgan fingerprint density at radius 1 is 1.14 bits per heavy atom. The number of aliphatic imine (C=N–C) groups is 1. The molecule has 0 aromatic heterocycles. The topological polar surface area (TPSA) is 63.2 Å². The highest BCUT2D eigenvalue weighted by Crippen LogP contribution is 2.11. The van der Waals surface area contributed by atoms with Gasteiger partial charge in [0.15, 0.2) is 0 Å². The summed E-state index contributed by atoms with van der Waals surface area (Å²) in [6, 6.07) is 7.34. The predicted molar refractivity (Wildman–Crippen MR) is 115 cm³/mol. The Morgan fingerprint density at radius 2 is 1.79 bits per heavy atom. The lowest BCUT2D eigenvalue weighted by atomic mass is 10.2. The summed E-state index contributed by atoms with van der Waals surface area (Å²) in [5.41, 5.74) is 0.538. The molecular formula is C22H37N3O3. The number of benzene rings is 1. The molecule has 0 aliphatic carbocycles. The molecule has 1 aromatic rings. The van der Waals surface area contributed by atoms with Gasteiger partial charge in [0.2, 0.25) is 0 Å². The van der Waals surface area contributed by atoms with Crippen molar-refractivity contribution in [2.45, 2.75) is 53.5 Å². The molecule has 158 valence electrons. The predicted octanol–water partition coefficient (Wildman–Crippen LogP) is 3.96. The highest BCUT2D eigenvalue weighted by Gasteiger charge is 2.13. The lowest BCUT2D eigenvalue weighted by Crippen LogP contribution is -2.34. The summed E-state index contributed by atoms with van der Waals surface area (Å²) < 4.78 is 10.9. The van der Waals surface area contributed by atoms with Crippen LogP contribution in [0.15, 0.2) is 29.3 Å². The Morgan fingerprint density at radius 3 is 2.32 bits per heavy atom. The Kier molecular flexibility index (Phi) is 11.3. The van der Waals surface area contributed by atoms with Crippen LogP contribution in [0.2, 0.25) is 0 Å². The number of nitrogens with one attached hydrogen (secondary N) is 1. The van der Waals surface area contributed by atoms with Gasteiger partial charge in [-0.3, -0.25) is 10.1 Å². The van der Waals surface area contributed by atoms with Crippen LogP contribution in [0.25, 0.3) is 0 Å². The van der Waals surface area contributed by atoms with Gasteiger partial charge in [-0.15, -0.1) is 0 Å². The van der Waals surface area contributed by atoms with E-state index in [1.165, 1.54) is 0 Å². The zero-order chi connectivity index (χ0) is 20.9. The summed E-state index contributed by atoms with van der Waals surface area (Å²) in [6.45, 7) is 14.2. The second kappa shape index (κ2) is 13.2. The Labute approximate surface area is 170 Å². The van der Waals surface area contributed by atoms with E-state index in [4.69, 9.17) is 9.47 Å². The number of carbonyl (C=O) groups excluding carboxylic acids is 1. The number of hydrogen-bond donors (Lipinski definition) is 1. The highest BCUT2D eigenvalue weighted by molar-refractivity contribution is 6.04. The van der Waals surface area contributed by atoms with Crippen molar-refractivity contribution in [3.63, 3.8) is 0 Å². The minimum absolute atomic E-state index is 0.0777. The van der Waals surface area contributed by atoms with Crippen molar-refractivity contribution in [3.8, 4) is 5.75 Å². The van der Waals surface area contributed by atoms with Crippen molar-refractivity contribution in [1.29, 1.82) is 0 Å². The summed E-state index contributed by atoms with van der Waals surface area (Å²) in [5.74, 6) is 0.824. The van der Waals surface area contributed by atoms with Crippen molar-refractivity contribution < 1.29 is 14.3 Å². The summed E-state index contributed by atoms with van der Waals surface area (Å²) in [5, 5.41) is 2.82. The van der Waals surface area contributed by atoms with Crippen molar-refractivity contribution in [2.75, 3.05) is 33.4 Å². The third-order valence-electron chi connectivity index (χ3n) is 4.45. The number of amides is 1. The number of ether oxygens (including phenoxy) is 2. The van der Waals surface area contributed by atoms with Gasteiger partial charge < -0.3 is 14.4 Å². The molecule has 0 unspecified atom stereocenters. The van der Waals surface area contributed by atoms with Crippen LogP contribution in [0.1, 0.15) is 57.8 Å². The lowest BCUT2D eigenvalue weighted by Gasteiger charge is -2.19. The van der Waals surface area contributed by atoms with Gasteiger partial charge in [-0.25, -0.2) is 4.99 Å². The molecule has 1 N–H and O–H groups in total. The van der Waals surface area contributed by atoms with Crippen LogP contribution in [0, 0.1) is 5.92 Å². The summed E-state index contributed by atoms with van der Waals surface area (Å²) in [7, 11) is 1.60. The van der Waals surface area contributed by atoms with Crippen LogP contribution in [-0.2, 0) is 4.74 Å². The van der Waals surface area contributed by atoms with E-state index in [2.05, 4.69) is 49.8 Å². The summed E-state index contributed by atoms with van der Waals surface area (Å²) >= 11 is 0. The molecule has 0 spiro atoms. The fraction of sp³-hybridized carbons (Fsp3) is 0.636. The fourth-order valence-electron chi connectivity index (χ4n) is 2.68. The average molecular weight is 392 g/mol. The number of methoxy groups -OCH3 is 1. The molecule has 0 fully saturated rings. The summed E-state index contributed by atoms with van der Waals surface area (Å²) in [6.07, 6.45) is 2.01. The SMILES string of the molecule is CCN(CC)CCC[C@@H](C)N=C(NC(=O)c1ccc(OC)cc1)OCC(C)C. The fourth-order valence-corrected chi connectivity index (χ4v) is 2.68. The third-order valence-corrected chi connectivity index (χ3v) is 4.45. The van der Waals surface area contributed by atoms with Gasteiger partial charge >= 0.3 is 0 Å². The van der Waals surface area contributed by atoms with E-state index in [1.54, 1.807) is 31.4 Å². The van der Waals surface area contributed by atoms with Gasteiger partial charge in [0, 0.05) is 5.56 Å². The Balaban J connectivity index is 2.71. The molecule has 1 atom stereocenters. The second-order valence-corrected chi connectivity index (χ2v) is 7.34. The van der Waals surface area contributed by atoms with Crippen molar-refractivity contribution in [1.82, 2.24) is 10.2 Å². The lowest BCUT2D eigenvalue weighted by molar-refractivity contribution is 0.0963. The smallest absolute Gasteiger partial charge is 0.291 e. The van der Waals surface area contributed by atoms with E-state index < -0.39 is 0 Å². The average Bonchev–Trinajstić information content (AvgIpc) is 2.69. The molecule has 0 saturated carbocycles. The first-order valence-corrected chi connectivity index (χ1v) is 10.3. The van der Waals surface area contributed by atoms with Crippen molar-refractivity contribution in [2.24, 2.45) is 10.9 Å². The number of carbonyl (C=O) groups is 1. The monoisotopic (exact) mass is 391 g/mol. The maximum Gasteiger partial charge on any atom is 0.291 e. The molecule has 28 heavy (non-hydrogen) atoms. The van der Waals surface area contributed by atoms with Gasteiger partial charge in [-0.2, -0.15) is 0 Å². The molecular weight excluding hydrogens is 354 g/mol. The van der Waals surface area contributed by atoms with Gasteiger partial charge in [0.25, 0.3) is 11.9 Å². The molecule has 6 heteroatoms. The van der Waals surface area contributed by atoms with Gasteiger partial charge in [0.05, 0.1) is 19.8 Å². The second-order valence-electron chi connectivity index (χ2n) is 7.34. The first-order chi connectivity index (χ1) is 13.4. The zero-order valence-corrected chi connectivity index (χ0v) is 18.3. The maximum atomic E-state index is 12.5. The van der Waals surface area contributed by atoms with Crippen molar-refractivity contribution in [3.05, 3.63) is 29.8 Å². The first kappa shape index (κ1) is 24.0. The number of rotatable bonds is 11. The van der Waals surface area contributed by atoms with Crippen LogP contribution in [-0.4, -0.2) is 56.2 Å². The quantitative estimate of drug-likeness (QED) is 0.458. The van der Waals surface area contributed by atoms with E-state index >= 15 is 0 Å². The number of nitrogens with zero attached hydrogens (tertiary/aromatic N) is 2. The molecule has 0 aliphatic heterocycles. The van der Waals surface area contributed by atoms with Gasteiger partial charge in [-0.1, -0.05) is 27.7 Å². The standard InChI is InChI=1S/C22H37N3O3/c1-7-25(8-2)15-9-10-18(5)23-22(28-16-17(3)4)24-21(26)19-11-13-20(27-6)14-12-19/h11-14,17-18H,7-10,15-16H2,1-6H3,(H,23,24,26)/t18-/m1/s1. The normalized spacial score (nSPS) is 12.9. The zero-order valence-electron chi connectivity index (χ0n) is 18.3.